The standard InChI is InChI=1S/C17H15FN2O3/c18-13-4-1-3-12(9-13)10-16(21)19-14-5-2-6-15(11-14)20-7-8-23-17(20)22/h1-6,9,11H,7-8,10H2,(H,19,21). The molecule has 1 N–H and O–H groups in total. The predicted octanol–water partition coefficient (Wildman–Crippen LogP) is 2.96. The van der Waals surface area contributed by atoms with E-state index >= 15 is 0 Å². The second kappa shape index (κ2) is 6.48. The van der Waals surface area contributed by atoms with Crippen LogP contribution in [0.5, 0.6) is 0 Å². The van der Waals surface area contributed by atoms with Crippen LogP contribution >= 0.6 is 0 Å². The van der Waals surface area contributed by atoms with Crippen LogP contribution in [0.4, 0.5) is 20.6 Å². The minimum Gasteiger partial charge on any atom is -0.447 e. The van der Waals surface area contributed by atoms with Gasteiger partial charge in [-0.05, 0) is 35.9 Å². The molecule has 0 aromatic heterocycles. The first-order valence-corrected chi connectivity index (χ1v) is 7.20. The van der Waals surface area contributed by atoms with Crippen molar-refractivity contribution in [2.24, 2.45) is 0 Å². The normalized spacial score (nSPS) is 13.8. The van der Waals surface area contributed by atoms with Gasteiger partial charge in [-0.1, -0.05) is 18.2 Å². The number of carbonyl (C=O) groups is 2. The number of ether oxygens (including phenoxy) is 1. The summed E-state index contributed by atoms with van der Waals surface area (Å²) in [5, 5.41) is 2.75. The van der Waals surface area contributed by atoms with Crippen LogP contribution in [0, 0.1) is 5.82 Å². The van der Waals surface area contributed by atoms with Gasteiger partial charge in [0.25, 0.3) is 0 Å². The smallest absolute Gasteiger partial charge is 0.414 e. The number of halogens is 1. The van der Waals surface area contributed by atoms with Gasteiger partial charge in [-0.25, -0.2) is 9.18 Å². The van der Waals surface area contributed by atoms with E-state index in [0.717, 1.165) is 0 Å². The maximum absolute atomic E-state index is 13.1. The van der Waals surface area contributed by atoms with Gasteiger partial charge >= 0.3 is 6.09 Å². The summed E-state index contributed by atoms with van der Waals surface area (Å²) in [6.07, 6.45) is -0.318. The van der Waals surface area contributed by atoms with Crippen molar-refractivity contribution in [3.8, 4) is 0 Å². The molecule has 118 valence electrons. The largest absolute Gasteiger partial charge is 0.447 e. The molecule has 3 rings (SSSR count). The highest BCUT2D eigenvalue weighted by molar-refractivity contribution is 5.94. The molecule has 2 aromatic carbocycles. The summed E-state index contributed by atoms with van der Waals surface area (Å²) in [5.74, 6) is -0.624. The predicted molar refractivity (Wildman–Crippen MR) is 83.9 cm³/mol. The average molecular weight is 314 g/mol. The summed E-state index contributed by atoms with van der Waals surface area (Å²) >= 11 is 0. The molecular weight excluding hydrogens is 299 g/mol. The number of nitrogens with zero attached hydrogens (tertiary/aromatic N) is 1. The summed E-state index contributed by atoms with van der Waals surface area (Å²) in [5.41, 5.74) is 1.83. The van der Waals surface area contributed by atoms with Gasteiger partial charge in [0, 0.05) is 11.4 Å². The van der Waals surface area contributed by atoms with E-state index < -0.39 is 6.09 Å². The number of hydrogen-bond acceptors (Lipinski definition) is 3. The molecular formula is C17H15FN2O3. The lowest BCUT2D eigenvalue weighted by molar-refractivity contribution is -0.115. The lowest BCUT2D eigenvalue weighted by atomic mass is 10.1. The van der Waals surface area contributed by atoms with Gasteiger partial charge in [0.2, 0.25) is 5.91 Å². The van der Waals surface area contributed by atoms with Crippen molar-refractivity contribution in [2.75, 3.05) is 23.4 Å². The molecule has 23 heavy (non-hydrogen) atoms. The minimum absolute atomic E-state index is 0.0771. The van der Waals surface area contributed by atoms with Crippen molar-refractivity contribution >= 4 is 23.4 Å². The molecule has 1 saturated heterocycles. The van der Waals surface area contributed by atoms with E-state index in [2.05, 4.69) is 5.32 Å². The van der Waals surface area contributed by atoms with E-state index in [9.17, 15) is 14.0 Å². The highest BCUT2D eigenvalue weighted by Gasteiger charge is 2.23. The molecule has 1 aliphatic heterocycles. The Labute approximate surface area is 132 Å². The first-order valence-electron chi connectivity index (χ1n) is 7.20. The van der Waals surface area contributed by atoms with Gasteiger partial charge in [0.05, 0.1) is 13.0 Å². The zero-order chi connectivity index (χ0) is 16.2. The third-order valence-corrected chi connectivity index (χ3v) is 3.46. The number of rotatable bonds is 4. The first kappa shape index (κ1) is 15.0. The number of cyclic esters (lactones) is 1. The van der Waals surface area contributed by atoms with Gasteiger partial charge in [-0.2, -0.15) is 0 Å². The van der Waals surface area contributed by atoms with Crippen LogP contribution in [0.2, 0.25) is 0 Å². The highest BCUT2D eigenvalue weighted by atomic mass is 19.1. The quantitative estimate of drug-likeness (QED) is 0.944. The maximum atomic E-state index is 13.1. The van der Waals surface area contributed by atoms with Crippen LogP contribution in [-0.4, -0.2) is 25.2 Å². The van der Waals surface area contributed by atoms with E-state index in [0.29, 0.717) is 30.1 Å². The van der Waals surface area contributed by atoms with Crippen LogP contribution in [0.15, 0.2) is 48.5 Å². The van der Waals surface area contributed by atoms with Gasteiger partial charge in [0.1, 0.15) is 12.4 Å². The number of carbonyl (C=O) groups excluding carboxylic acids is 2. The molecule has 1 aliphatic rings. The maximum Gasteiger partial charge on any atom is 0.414 e. The lowest BCUT2D eigenvalue weighted by Crippen LogP contribution is -2.23. The van der Waals surface area contributed by atoms with Gasteiger partial charge < -0.3 is 10.1 Å². The summed E-state index contributed by atoms with van der Waals surface area (Å²) in [6.45, 7) is 0.842. The van der Waals surface area contributed by atoms with Gasteiger partial charge in [0.15, 0.2) is 0 Å². The van der Waals surface area contributed by atoms with E-state index in [4.69, 9.17) is 4.74 Å². The Morgan fingerprint density at radius 3 is 2.78 bits per heavy atom. The Balaban J connectivity index is 1.68. The van der Waals surface area contributed by atoms with Crippen LogP contribution in [0.1, 0.15) is 5.56 Å². The summed E-state index contributed by atoms with van der Waals surface area (Å²) in [6, 6.07) is 12.9. The fraction of sp³-hybridized carbons (Fsp3) is 0.176. The third-order valence-electron chi connectivity index (χ3n) is 3.46. The number of nitrogens with one attached hydrogen (secondary N) is 1. The average Bonchev–Trinajstić information content (AvgIpc) is 2.93. The monoisotopic (exact) mass is 314 g/mol. The minimum atomic E-state index is -0.395. The molecule has 0 unspecified atom stereocenters. The molecule has 2 amide bonds. The Morgan fingerprint density at radius 1 is 1.22 bits per heavy atom. The van der Waals surface area contributed by atoms with Crippen LogP contribution < -0.4 is 10.2 Å². The molecule has 0 atom stereocenters. The number of hydrogen-bond donors (Lipinski definition) is 1. The second-order valence-corrected chi connectivity index (χ2v) is 5.17. The summed E-state index contributed by atoms with van der Waals surface area (Å²) < 4.78 is 18.0. The van der Waals surface area contributed by atoms with Crippen molar-refractivity contribution in [2.45, 2.75) is 6.42 Å². The Kier molecular flexibility index (Phi) is 4.23. The molecule has 0 radical (unpaired) electrons. The molecule has 0 spiro atoms. The van der Waals surface area contributed by atoms with Crippen molar-refractivity contribution in [1.82, 2.24) is 0 Å². The molecule has 1 heterocycles. The third kappa shape index (κ3) is 3.66. The van der Waals surface area contributed by atoms with Crippen molar-refractivity contribution in [3.63, 3.8) is 0 Å². The van der Waals surface area contributed by atoms with E-state index in [1.807, 2.05) is 0 Å². The molecule has 0 saturated carbocycles. The lowest BCUT2D eigenvalue weighted by Gasteiger charge is -2.14. The van der Waals surface area contributed by atoms with Crippen molar-refractivity contribution in [3.05, 3.63) is 59.9 Å². The van der Waals surface area contributed by atoms with Crippen LogP contribution in [-0.2, 0) is 16.0 Å². The van der Waals surface area contributed by atoms with E-state index in [1.165, 1.54) is 17.0 Å². The second-order valence-electron chi connectivity index (χ2n) is 5.17. The van der Waals surface area contributed by atoms with Crippen molar-refractivity contribution < 1.29 is 18.7 Å². The summed E-state index contributed by atoms with van der Waals surface area (Å²) in [4.78, 5) is 25.1. The highest BCUT2D eigenvalue weighted by Crippen LogP contribution is 2.22. The number of benzene rings is 2. The molecule has 0 aliphatic carbocycles. The molecule has 1 fully saturated rings. The zero-order valence-electron chi connectivity index (χ0n) is 12.3. The molecule has 2 aromatic rings. The Hall–Kier alpha value is -2.89. The van der Waals surface area contributed by atoms with Gasteiger partial charge in [-0.3, -0.25) is 9.69 Å². The zero-order valence-corrected chi connectivity index (χ0v) is 12.3. The Morgan fingerprint density at radius 2 is 2.04 bits per heavy atom. The first-order chi connectivity index (χ1) is 11.1. The molecule has 5 nitrogen and oxygen atoms in total. The fourth-order valence-corrected chi connectivity index (χ4v) is 2.42. The number of amides is 2. The molecule has 6 heteroatoms. The van der Waals surface area contributed by atoms with E-state index in [1.54, 1.807) is 36.4 Å². The van der Waals surface area contributed by atoms with Crippen molar-refractivity contribution in [1.29, 1.82) is 0 Å². The fourth-order valence-electron chi connectivity index (χ4n) is 2.42. The van der Waals surface area contributed by atoms with Gasteiger partial charge in [-0.15, -0.1) is 0 Å². The number of anilines is 2. The van der Waals surface area contributed by atoms with Crippen LogP contribution in [0.25, 0.3) is 0 Å². The topological polar surface area (TPSA) is 58.6 Å². The summed E-state index contributed by atoms with van der Waals surface area (Å²) in [7, 11) is 0. The molecule has 0 bridgehead atoms. The Bertz CT molecular complexity index is 748. The van der Waals surface area contributed by atoms with E-state index in [-0.39, 0.29) is 18.1 Å². The SMILES string of the molecule is O=C(Cc1cccc(F)c1)Nc1cccc(N2CCOC2=O)c1. The van der Waals surface area contributed by atoms with Crippen LogP contribution in [0.3, 0.4) is 0 Å².